The van der Waals surface area contributed by atoms with Crippen molar-refractivity contribution < 1.29 is 46.4 Å². The van der Waals surface area contributed by atoms with E-state index < -0.39 is 32.5 Å². The van der Waals surface area contributed by atoms with Gasteiger partial charge in [0.1, 0.15) is 29.6 Å². The van der Waals surface area contributed by atoms with E-state index >= 15 is 0 Å². The van der Waals surface area contributed by atoms with Crippen LogP contribution in [-0.4, -0.2) is 49.3 Å². The molecule has 0 aromatic carbocycles. The van der Waals surface area contributed by atoms with E-state index in [-0.39, 0.29) is 32.6 Å². The molecule has 0 radical (unpaired) electrons. The maximum absolute atomic E-state index is 12.7. The lowest BCUT2D eigenvalue weighted by molar-refractivity contribution is -0.161. The Morgan fingerprint density at radius 1 is 0.541 bits per heavy atom. The Hall–Kier alpha value is -2.43. The molecule has 3 N–H and O–H groups in total. The number of phosphoric ester groups is 1. The van der Waals surface area contributed by atoms with E-state index in [1.807, 2.05) is 0 Å². The van der Waals surface area contributed by atoms with Crippen LogP contribution >= 0.6 is 7.82 Å². The SMILES string of the molecule is CCCCCc1oc(CCCCCCCCCCC(=O)OC[C@H](COP(=O)(O)OCCN)OC(=O)CCCCCCCCCCc2oc(CCCCC)c(C)c2C)c(C)c1C. The molecule has 0 aliphatic carbocycles. The third-order valence-corrected chi connectivity index (χ3v) is 12.9. The summed E-state index contributed by atoms with van der Waals surface area (Å²) in [5.41, 5.74) is 10.7. The van der Waals surface area contributed by atoms with Crippen molar-refractivity contribution in [3.05, 3.63) is 45.3 Å². The molecular formula is C49H86NO10P. The van der Waals surface area contributed by atoms with E-state index in [9.17, 15) is 19.0 Å². The van der Waals surface area contributed by atoms with Gasteiger partial charge in [0, 0.05) is 45.1 Å². The zero-order chi connectivity index (χ0) is 44.7. The number of unbranched alkanes of at least 4 members (excludes halogenated alkanes) is 18. The number of carbonyl (C=O) groups excluding carboxylic acids is 2. The molecule has 0 spiro atoms. The first kappa shape index (κ1) is 54.7. The van der Waals surface area contributed by atoms with Gasteiger partial charge in [-0.25, -0.2) is 4.57 Å². The van der Waals surface area contributed by atoms with Gasteiger partial charge >= 0.3 is 19.8 Å². The van der Waals surface area contributed by atoms with Gasteiger partial charge in [-0.3, -0.25) is 18.6 Å². The van der Waals surface area contributed by atoms with Crippen molar-refractivity contribution in [2.24, 2.45) is 5.73 Å². The first-order valence-corrected chi connectivity index (χ1v) is 25.7. The summed E-state index contributed by atoms with van der Waals surface area (Å²) in [6.07, 6.45) is 27.7. The Kier molecular flexibility index (Phi) is 29.7. The minimum atomic E-state index is -4.40. The fourth-order valence-electron chi connectivity index (χ4n) is 7.70. The molecule has 2 heterocycles. The molecule has 2 aromatic rings. The maximum atomic E-state index is 12.7. The van der Waals surface area contributed by atoms with Gasteiger partial charge in [0.2, 0.25) is 0 Å². The van der Waals surface area contributed by atoms with E-state index in [1.165, 1.54) is 104 Å². The summed E-state index contributed by atoms with van der Waals surface area (Å²) >= 11 is 0. The van der Waals surface area contributed by atoms with Crippen LogP contribution in [0, 0.1) is 27.7 Å². The minimum Gasteiger partial charge on any atom is -0.466 e. The van der Waals surface area contributed by atoms with Crippen LogP contribution in [0.4, 0.5) is 0 Å². The standard InChI is InChI=1S/C49H86NO10P/c1-7-9-23-29-44-39(3)41(5)46(59-44)31-25-19-15-11-13-17-21-27-33-48(51)55-37-43(38-57-61(53,54)56-36-35-50)58-49(52)34-28-22-18-14-12-16-20-26-32-47-42(6)40(4)45(60-47)30-24-10-8-2/h43H,7-38,50H2,1-6H3,(H,53,54)/t43-/m1/s1. The molecule has 0 aliphatic rings. The Balaban J connectivity index is 1.58. The van der Waals surface area contributed by atoms with Gasteiger partial charge in [0.05, 0.1) is 13.2 Å². The Bertz CT molecular complexity index is 1520. The number of rotatable bonds is 39. The fraction of sp³-hybridized carbons (Fsp3) is 0.796. The van der Waals surface area contributed by atoms with Gasteiger partial charge in [-0.15, -0.1) is 0 Å². The molecule has 2 aromatic heterocycles. The monoisotopic (exact) mass is 880 g/mol. The summed E-state index contributed by atoms with van der Waals surface area (Å²) in [4.78, 5) is 35.2. The minimum absolute atomic E-state index is 0.0428. The predicted octanol–water partition coefficient (Wildman–Crippen LogP) is 12.9. The number of esters is 2. The van der Waals surface area contributed by atoms with E-state index in [1.54, 1.807) is 0 Å². The summed E-state index contributed by atoms with van der Waals surface area (Å²) < 4.78 is 45.5. The van der Waals surface area contributed by atoms with Crippen LogP contribution in [-0.2, 0) is 58.4 Å². The van der Waals surface area contributed by atoms with E-state index in [0.29, 0.717) is 12.8 Å². The van der Waals surface area contributed by atoms with Crippen molar-refractivity contribution in [2.75, 3.05) is 26.4 Å². The molecule has 61 heavy (non-hydrogen) atoms. The van der Waals surface area contributed by atoms with E-state index in [4.69, 9.17) is 33.1 Å². The van der Waals surface area contributed by atoms with Crippen molar-refractivity contribution in [1.29, 1.82) is 0 Å². The smallest absolute Gasteiger partial charge is 0.466 e. The topological polar surface area (TPSA) is 161 Å². The molecule has 0 aliphatic heterocycles. The van der Waals surface area contributed by atoms with Crippen LogP contribution < -0.4 is 5.73 Å². The van der Waals surface area contributed by atoms with E-state index in [0.717, 1.165) is 95.0 Å². The third-order valence-electron chi connectivity index (χ3n) is 11.9. The summed E-state index contributed by atoms with van der Waals surface area (Å²) in [7, 11) is -4.40. The van der Waals surface area contributed by atoms with Crippen molar-refractivity contribution in [3.63, 3.8) is 0 Å². The highest BCUT2D eigenvalue weighted by Gasteiger charge is 2.26. The Morgan fingerprint density at radius 3 is 1.30 bits per heavy atom. The summed E-state index contributed by atoms with van der Waals surface area (Å²) in [6, 6.07) is 0. The highest BCUT2D eigenvalue weighted by Crippen LogP contribution is 2.43. The molecule has 2 rings (SSSR count). The number of hydrogen-bond acceptors (Lipinski definition) is 10. The first-order chi connectivity index (χ1) is 29.4. The maximum Gasteiger partial charge on any atom is 0.472 e. The Labute approximate surface area is 370 Å². The number of nitrogens with two attached hydrogens (primary N) is 1. The molecule has 0 saturated heterocycles. The molecule has 0 fully saturated rings. The van der Waals surface area contributed by atoms with Crippen molar-refractivity contribution in [3.8, 4) is 0 Å². The van der Waals surface area contributed by atoms with Gasteiger partial charge in [0.15, 0.2) is 6.10 Å². The first-order valence-electron chi connectivity index (χ1n) is 24.2. The number of aryl methyl sites for hydroxylation is 4. The van der Waals surface area contributed by atoms with E-state index in [2.05, 4.69) is 41.5 Å². The molecule has 2 atom stereocenters. The van der Waals surface area contributed by atoms with Crippen molar-refractivity contribution >= 4 is 19.8 Å². The van der Waals surface area contributed by atoms with Crippen molar-refractivity contribution in [2.45, 2.75) is 227 Å². The van der Waals surface area contributed by atoms with Crippen LogP contribution in [0.2, 0.25) is 0 Å². The third kappa shape index (κ3) is 24.3. The number of hydrogen-bond donors (Lipinski definition) is 2. The lowest BCUT2D eigenvalue weighted by Crippen LogP contribution is -2.29. The average molecular weight is 880 g/mol. The highest BCUT2D eigenvalue weighted by atomic mass is 31.2. The van der Waals surface area contributed by atoms with Crippen LogP contribution in [0.5, 0.6) is 0 Å². The number of furan rings is 2. The fourth-order valence-corrected chi connectivity index (χ4v) is 8.46. The normalized spacial score (nSPS) is 13.1. The zero-order valence-corrected chi connectivity index (χ0v) is 40.2. The number of ether oxygens (including phenoxy) is 2. The average Bonchev–Trinajstić information content (AvgIpc) is 3.67. The molecule has 1 unspecified atom stereocenters. The Morgan fingerprint density at radius 2 is 0.902 bits per heavy atom. The predicted molar refractivity (Wildman–Crippen MR) is 245 cm³/mol. The quantitative estimate of drug-likeness (QED) is 0.0373. The van der Waals surface area contributed by atoms with Crippen LogP contribution in [0.1, 0.15) is 213 Å². The lowest BCUT2D eigenvalue weighted by Gasteiger charge is -2.19. The molecule has 0 bridgehead atoms. The summed E-state index contributed by atoms with van der Waals surface area (Å²) in [6.45, 7) is 12.4. The van der Waals surface area contributed by atoms with Crippen LogP contribution in [0.25, 0.3) is 0 Å². The van der Waals surface area contributed by atoms with Gasteiger partial charge in [-0.1, -0.05) is 117 Å². The molecule has 12 heteroatoms. The second kappa shape index (κ2) is 33.1. The second-order valence-electron chi connectivity index (χ2n) is 17.1. The van der Waals surface area contributed by atoms with Gasteiger partial charge in [-0.05, 0) is 88.5 Å². The largest absolute Gasteiger partial charge is 0.472 e. The molecule has 352 valence electrons. The molecule has 0 saturated carbocycles. The summed E-state index contributed by atoms with van der Waals surface area (Å²) in [5, 5.41) is 0. The highest BCUT2D eigenvalue weighted by molar-refractivity contribution is 7.47. The number of phosphoric acid groups is 1. The van der Waals surface area contributed by atoms with Gasteiger partial charge < -0.3 is 28.9 Å². The van der Waals surface area contributed by atoms with Crippen LogP contribution in [0.15, 0.2) is 8.83 Å². The molecular weight excluding hydrogens is 794 g/mol. The lowest BCUT2D eigenvalue weighted by atomic mass is 10.0. The molecule has 0 amide bonds. The van der Waals surface area contributed by atoms with Crippen molar-refractivity contribution in [1.82, 2.24) is 0 Å². The molecule has 11 nitrogen and oxygen atoms in total. The van der Waals surface area contributed by atoms with Gasteiger partial charge in [0.25, 0.3) is 0 Å². The van der Waals surface area contributed by atoms with Crippen LogP contribution in [0.3, 0.4) is 0 Å². The number of carbonyl (C=O) groups is 2. The van der Waals surface area contributed by atoms with Gasteiger partial charge in [-0.2, -0.15) is 0 Å². The second-order valence-corrected chi connectivity index (χ2v) is 18.6. The zero-order valence-electron chi connectivity index (χ0n) is 39.4. The summed E-state index contributed by atoms with van der Waals surface area (Å²) in [5.74, 6) is 3.80.